The molecule has 0 bridgehead atoms. The van der Waals surface area contributed by atoms with Crippen LogP contribution >= 0.6 is 0 Å². The Balaban J connectivity index is 1.89. The number of hydrogen-bond donors (Lipinski definition) is 1. The number of hydrogen-bond acceptors (Lipinski definition) is 3. The van der Waals surface area contributed by atoms with Crippen LogP contribution in [0.3, 0.4) is 0 Å². The first-order valence-electron chi connectivity index (χ1n) is 7.45. The van der Waals surface area contributed by atoms with E-state index in [9.17, 15) is 0 Å². The molecule has 0 amide bonds. The van der Waals surface area contributed by atoms with E-state index in [-0.39, 0.29) is 0 Å². The molecule has 1 saturated carbocycles. The van der Waals surface area contributed by atoms with Crippen molar-refractivity contribution in [1.29, 1.82) is 0 Å². The lowest BCUT2D eigenvalue weighted by molar-refractivity contribution is 0.283. The third-order valence-electron chi connectivity index (χ3n) is 4.47. The average molecular weight is 265 g/mol. The van der Waals surface area contributed by atoms with Crippen LogP contribution in [0.4, 0.5) is 0 Å². The minimum Gasteiger partial charge on any atom is -0.481 e. The molecule has 2 rings (SSSR count). The average Bonchev–Trinajstić information content (AvgIpc) is 2.70. The third-order valence-corrected chi connectivity index (χ3v) is 4.47. The summed E-state index contributed by atoms with van der Waals surface area (Å²) in [6, 6.07) is 0.659. The Morgan fingerprint density at radius 1 is 1.32 bits per heavy atom. The standard InChI is InChI=1S/C15H27N3O/c1-5-12-6-8-13(9-7-12)16-10-14-11(2)17-18(3)15(14)19-4/h12-13,16H,5-10H2,1-4H3. The maximum absolute atomic E-state index is 5.43. The molecule has 0 saturated heterocycles. The smallest absolute Gasteiger partial charge is 0.216 e. The van der Waals surface area contributed by atoms with Crippen LogP contribution in [0.5, 0.6) is 5.88 Å². The summed E-state index contributed by atoms with van der Waals surface area (Å²) in [6.45, 7) is 5.22. The van der Waals surface area contributed by atoms with E-state index in [1.807, 2.05) is 18.7 Å². The molecular weight excluding hydrogens is 238 g/mol. The van der Waals surface area contributed by atoms with E-state index in [1.165, 1.54) is 37.7 Å². The Labute approximate surface area is 116 Å². The van der Waals surface area contributed by atoms with Crippen molar-refractivity contribution in [2.75, 3.05) is 7.11 Å². The minimum atomic E-state index is 0.659. The maximum atomic E-state index is 5.43. The van der Waals surface area contributed by atoms with Crippen LogP contribution in [0.2, 0.25) is 0 Å². The second kappa shape index (κ2) is 6.42. The monoisotopic (exact) mass is 265 g/mol. The number of nitrogens with zero attached hydrogens (tertiary/aromatic N) is 2. The summed E-state index contributed by atoms with van der Waals surface area (Å²) in [5, 5.41) is 8.10. The summed E-state index contributed by atoms with van der Waals surface area (Å²) in [5.41, 5.74) is 2.26. The van der Waals surface area contributed by atoms with Gasteiger partial charge in [-0.3, -0.25) is 0 Å². The van der Waals surface area contributed by atoms with Crippen LogP contribution in [0, 0.1) is 12.8 Å². The number of ether oxygens (including phenoxy) is 1. The summed E-state index contributed by atoms with van der Waals surface area (Å²) in [7, 11) is 3.65. The van der Waals surface area contributed by atoms with Gasteiger partial charge in [-0.15, -0.1) is 0 Å². The Bertz CT molecular complexity index is 406. The number of nitrogens with one attached hydrogen (secondary N) is 1. The van der Waals surface area contributed by atoms with E-state index in [1.54, 1.807) is 7.11 Å². The SMILES string of the molecule is CCC1CCC(NCc2c(C)nn(C)c2OC)CC1. The lowest BCUT2D eigenvalue weighted by atomic mass is 9.84. The topological polar surface area (TPSA) is 39.1 Å². The van der Waals surface area contributed by atoms with E-state index in [0.717, 1.165) is 24.0 Å². The van der Waals surface area contributed by atoms with Gasteiger partial charge < -0.3 is 10.1 Å². The van der Waals surface area contributed by atoms with E-state index >= 15 is 0 Å². The van der Waals surface area contributed by atoms with E-state index < -0.39 is 0 Å². The first kappa shape index (κ1) is 14.4. The zero-order valence-electron chi connectivity index (χ0n) is 12.7. The number of aromatic nitrogens is 2. The van der Waals surface area contributed by atoms with Crippen molar-refractivity contribution < 1.29 is 4.74 Å². The molecule has 1 fully saturated rings. The van der Waals surface area contributed by atoms with Gasteiger partial charge in [0.2, 0.25) is 5.88 Å². The molecule has 0 aromatic carbocycles. The first-order chi connectivity index (χ1) is 9.15. The summed E-state index contributed by atoms with van der Waals surface area (Å²) < 4.78 is 7.25. The van der Waals surface area contributed by atoms with E-state index in [0.29, 0.717) is 6.04 Å². The van der Waals surface area contributed by atoms with Gasteiger partial charge in [0.15, 0.2) is 0 Å². The molecule has 19 heavy (non-hydrogen) atoms. The van der Waals surface area contributed by atoms with Crippen molar-refractivity contribution in [3.8, 4) is 5.88 Å². The molecule has 1 aliphatic rings. The Kier molecular flexibility index (Phi) is 4.86. The molecule has 0 radical (unpaired) electrons. The molecule has 0 spiro atoms. The highest BCUT2D eigenvalue weighted by molar-refractivity contribution is 5.30. The van der Waals surface area contributed by atoms with Crippen molar-refractivity contribution in [2.24, 2.45) is 13.0 Å². The molecule has 1 aromatic rings. The van der Waals surface area contributed by atoms with Gasteiger partial charge in [0.05, 0.1) is 18.4 Å². The normalized spacial score (nSPS) is 23.6. The van der Waals surface area contributed by atoms with Gasteiger partial charge in [-0.2, -0.15) is 5.10 Å². The van der Waals surface area contributed by atoms with Crippen LogP contribution in [0.25, 0.3) is 0 Å². The van der Waals surface area contributed by atoms with Gasteiger partial charge in [0, 0.05) is 19.6 Å². The Morgan fingerprint density at radius 3 is 2.58 bits per heavy atom. The van der Waals surface area contributed by atoms with Crippen LogP contribution in [-0.4, -0.2) is 22.9 Å². The quantitative estimate of drug-likeness (QED) is 0.890. The maximum Gasteiger partial charge on any atom is 0.216 e. The van der Waals surface area contributed by atoms with Crippen LogP contribution in [0.15, 0.2) is 0 Å². The van der Waals surface area contributed by atoms with Crippen molar-refractivity contribution in [2.45, 2.75) is 58.5 Å². The lowest BCUT2D eigenvalue weighted by Gasteiger charge is -2.28. The molecule has 108 valence electrons. The number of rotatable bonds is 5. The number of methoxy groups -OCH3 is 1. The summed E-state index contributed by atoms with van der Waals surface area (Å²) in [5.74, 6) is 1.83. The Hall–Kier alpha value is -1.03. The van der Waals surface area contributed by atoms with Crippen molar-refractivity contribution in [3.05, 3.63) is 11.3 Å². The summed E-state index contributed by atoms with van der Waals surface area (Å²) in [6.07, 6.45) is 6.69. The second-order valence-electron chi connectivity index (χ2n) is 5.70. The number of aryl methyl sites for hydroxylation is 2. The third kappa shape index (κ3) is 3.30. The van der Waals surface area contributed by atoms with Crippen LogP contribution in [0.1, 0.15) is 50.3 Å². The molecule has 1 aliphatic carbocycles. The highest BCUT2D eigenvalue weighted by Crippen LogP contribution is 2.27. The molecular formula is C15H27N3O. The first-order valence-corrected chi connectivity index (χ1v) is 7.45. The fraction of sp³-hybridized carbons (Fsp3) is 0.800. The molecule has 4 heteroatoms. The largest absolute Gasteiger partial charge is 0.481 e. The van der Waals surface area contributed by atoms with Gasteiger partial charge in [-0.25, -0.2) is 4.68 Å². The van der Waals surface area contributed by atoms with E-state index in [2.05, 4.69) is 17.3 Å². The van der Waals surface area contributed by atoms with Gasteiger partial charge in [0.25, 0.3) is 0 Å². The van der Waals surface area contributed by atoms with E-state index in [4.69, 9.17) is 4.74 Å². The molecule has 4 nitrogen and oxygen atoms in total. The van der Waals surface area contributed by atoms with Crippen molar-refractivity contribution >= 4 is 0 Å². The van der Waals surface area contributed by atoms with Crippen molar-refractivity contribution in [3.63, 3.8) is 0 Å². The van der Waals surface area contributed by atoms with Gasteiger partial charge >= 0.3 is 0 Å². The molecule has 1 aromatic heterocycles. The van der Waals surface area contributed by atoms with Crippen LogP contribution in [-0.2, 0) is 13.6 Å². The molecule has 1 heterocycles. The fourth-order valence-electron chi connectivity index (χ4n) is 3.16. The highest BCUT2D eigenvalue weighted by Gasteiger charge is 2.21. The second-order valence-corrected chi connectivity index (χ2v) is 5.70. The molecule has 0 aliphatic heterocycles. The zero-order chi connectivity index (χ0) is 13.8. The lowest BCUT2D eigenvalue weighted by Crippen LogP contribution is -2.32. The predicted octanol–water partition coefficient (Wildman–Crippen LogP) is 2.80. The van der Waals surface area contributed by atoms with Crippen LogP contribution < -0.4 is 10.1 Å². The highest BCUT2D eigenvalue weighted by atomic mass is 16.5. The molecule has 1 N–H and O–H groups in total. The summed E-state index contributed by atoms with van der Waals surface area (Å²) in [4.78, 5) is 0. The zero-order valence-corrected chi connectivity index (χ0v) is 12.7. The van der Waals surface area contributed by atoms with Crippen molar-refractivity contribution in [1.82, 2.24) is 15.1 Å². The van der Waals surface area contributed by atoms with Gasteiger partial charge in [0.1, 0.15) is 0 Å². The Morgan fingerprint density at radius 2 is 2.00 bits per heavy atom. The molecule has 0 atom stereocenters. The summed E-state index contributed by atoms with van der Waals surface area (Å²) >= 11 is 0. The molecule has 0 unspecified atom stereocenters. The predicted molar refractivity (Wildman–Crippen MR) is 77.4 cm³/mol. The van der Waals surface area contributed by atoms with Gasteiger partial charge in [-0.1, -0.05) is 13.3 Å². The fourth-order valence-corrected chi connectivity index (χ4v) is 3.16. The minimum absolute atomic E-state index is 0.659. The van der Waals surface area contributed by atoms with Gasteiger partial charge in [-0.05, 0) is 38.5 Å².